The smallest absolute Gasteiger partial charge is 0.219 e. The first-order valence-electron chi connectivity index (χ1n) is 10.1. The van der Waals surface area contributed by atoms with Gasteiger partial charge in [0.05, 0.1) is 7.11 Å². The van der Waals surface area contributed by atoms with Gasteiger partial charge in [-0.25, -0.2) is 9.37 Å². The van der Waals surface area contributed by atoms with Gasteiger partial charge in [-0.3, -0.25) is 4.79 Å². The summed E-state index contributed by atoms with van der Waals surface area (Å²) >= 11 is 0. The number of H-pyrrole nitrogens is 1. The van der Waals surface area contributed by atoms with Crippen LogP contribution in [0.1, 0.15) is 31.4 Å². The highest BCUT2D eigenvalue weighted by Crippen LogP contribution is 2.47. The van der Waals surface area contributed by atoms with Gasteiger partial charge in [0.15, 0.2) is 0 Å². The molecule has 5 nitrogen and oxygen atoms in total. The van der Waals surface area contributed by atoms with Crippen molar-refractivity contribution in [2.45, 2.75) is 25.7 Å². The Hall–Kier alpha value is -2.89. The molecule has 2 fully saturated rings. The van der Waals surface area contributed by atoms with Gasteiger partial charge in [-0.15, -0.1) is 0 Å². The molecule has 0 radical (unpaired) electrons. The van der Waals surface area contributed by atoms with Crippen molar-refractivity contribution < 1.29 is 13.9 Å². The minimum atomic E-state index is -0.292. The van der Waals surface area contributed by atoms with Gasteiger partial charge in [-0.1, -0.05) is 0 Å². The standard InChI is InChI=1S/C23H24FN3O2/c1-13(28)27-11-15-7-14(8-16(15)12-27)21-10-20-18(5-6-25-23(20)26-21)19-9-17(24)3-4-22(19)29-2/h3-6,9-10,14-16H,7-8,11-12H2,1-2H3,(H,25,26). The van der Waals surface area contributed by atoms with Crippen LogP contribution in [0.25, 0.3) is 22.2 Å². The molecule has 6 heteroatoms. The minimum Gasteiger partial charge on any atom is -0.496 e. The Labute approximate surface area is 168 Å². The number of halogens is 1. The van der Waals surface area contributed by atoms with E-state index < -0.39 is 0 Å². The second kappa shape index (κ2) is 6.87. The number of ether oxygens (including phenoxy) is 1. The van der Waals surface area contributed by atoms with Crippen LogP contribution in [0.15, 0.2) is 36.5 Å². The number of nitrogens with zero attached hydrogens (tertiary/aromatic N) is 2. The Morgan fingerprint density at radius 2 is 1.93 bits per heavy atom. The highest BCUT2D eigenvalue weighted by Gasteiger charge is 2.42. The SMILES string of the molecule is COc1ccc(F)cc1-c1ccnc2[nH]c(C3CC4CN(C(C)=O)CC4C3)cc12. The number of amides is 1. The summed E-state index contributed by atoms with van der Waals surface area (Å²) in [5.74, 6) is 2.12. The number of methoxy groups -OCH3 is 1. The van der Waals surface area contributed by atoms with E-state index in [1.165, 1.54) is 17.8 Å². The molecule has 1 aromatic carbocycles. The highest BCUT2D eigenvalue weighted by atomic mass is 19.1. The Morgan fingerprint density at radius 3 is 2.62 bits per heavy atom. The second-order valence-electron chi connectivity index (χ2n) is 8.30. The summed E-state index contributed by atoms with van der Waals surface area (Å²) in [4.78, 5) is 21.6. The van der Waals surface area contributed by atoms with Crippen molar-refractivity contribution in [2.24, 2.45) is 11.8 Å². The Morgan fingerprint density at radius 1 is 1.17 bits per heavy atom. The topological polar surface area (TPSA) is 58.2 Å². The van der Waals surface area contributed by atoms with Crippen molar-refractivity contribution in [2.75, 3.05) is 20.2 Å². The van der Waals surface area contributed by atoms with Gasteiger partial charge in [0.25, 0.3) is 0 Å². The average Bonchev–Trinajstić information content (AvgIpc) is 3.39. The fourth-order valence-corrected chi connectivity index (χ4v) is 5.20. The molecule has 1 aliphatic heterocycles. The molecule has 1 aliphatic carbocycles. The van der Waals surface area contributed by atoms with Crippen LogP contribution in [0.4, 0.5) is 4.39 Å². The zero-order chi connectivity index (χ0) is 20.1. The number of carbonyl (C=O) groups excluding carboxylic acids is 1. The number of hydrogen-bond donors (Lipinski definition) is 1. The van der Waals surface area contributed by atoms with Crippen molar-refractivity contribution in [3.8, 4) is 16.9 Å². The van der Waals surface area contributed by atoms with E-state index in [2.05, 4.69) is 16.0 Å². The zero-order valence-electron chi connectivity index (χ0n) is 16.6. The lowest BCUT2D eigenvalue weighted by Gasteiger charge is -2.16. The number of benzene rings is 1. The third kappa shape index (κ3) is 3.07. The van der Waals surface area contributed by atoms with Crippen LogP contribution in [0.5, 0.6) is 5.75 Å². The molecular weight excluding hydrogens is 369 g/mol. The molecule has 1 amide bonds. The van der Waals surface area contributed by atoms with E-state index in [1.807, 2.05) is 11.0 Å². The first-order chi connectivity index (χ1) is 14.0. The maximum Gasteiger partial charge on any atom is 0.219 e. The van der Waals surface area contributed by atoms with Crippen molar-refractivity contribution in [1.82, 2.24) is 14.9 Å². The summed E-state index contributed by atoms with van der Waals surface area (Å²) in [6.45, 7) is 3.41. The number of rotatable bonds is 3. The van der Waals surface area contributed by atoms with Crippen molar-refractivity contribution in [1.29, 1.82) is 0 Å². The number of pyridine rings is 1. The number of fused-ring (bicyclic) bond motifs is 2. The normalized spacial score (nSPS) is 23.6. The average molecular weight is 393 g/mol. The summed E-state index contributed by atoms with van der Waals surface area (Å²) in [5.41, 5.74) is 3.63. The second-order valence-corrected chi connectivity index (χ2v) is 8.30. The monoisotopic (exact) mass is 393 g/mol. The molecule has 3 aromatic rings. The zero-order valence-corrected chi connectivity index (χ0v) is 16.6. The fraction of sp³-hybridized carbons (Fsp3) is 0.391. The molecule has 0 spiro atoms. The Balaban J connectivity index is 1.48. The molecule has 1 N–H and O–H groups in total. The van der Waals surface area contributed by atoms with E-state index in [-0.39, 0.29) is 11.7 Å². The van der Waals surface area contributed by atoms with Crippen LogP contribution in [0.2, 0.25) is 0 Å². The van der Waals surface area contributed by atoms with Crippen LogP contribution in [-0.2, 0) is 4.79 Å². The number of carbonyl (C=O) groups is 1. The van der Waals surface area contributed by atoms with Crippen molar-refractivity contribution in [3.63, 3.8) is 0 Å². The predicted molar refractivity (Wildman–Crippen MR) is 109 cm³/mol. The number of aromatic amines is 1. The third-order valence-electron chi connectivity index (χ3n) is 6.64. The number of aromatic nitrogens is 2. The van der Waals surface area contributed by atoms with Gasteiger partial charge in [0.2, 0.25) is 5.91 Å². The molecule has 2 aliphatic rings. The van der Waals surface area contributed by atoms with E-state index in [1.54, 1.807) is 26.3 Å². The first-order valence-corrected chi connectivity index (χ1v) is 10.1. The molecular formula is C23H24FN3O2. The highest BCUT2D eigenvalue weighted by molar-refractivity contribution is 5.95. The molecule has 3 heterocycles. The molecule has 29 heavy (non-hydrogen) atoms. The number of likely N-dealkylation sites (tertiary alicyclic amines) is 1. The van der Waals surface area contributed by atoms with Gasteiger partial charge in [0.1, 0.15) is 17.2 Å². The fourth-order valence-electron chi connectivity index (χ4n) is 5.20. The van der Waals surface area contributed by atoms with Crippen LogP contribution in [0, 0.1) is 17.7 Å². The van der Waals surface area contributed by atoms with Gasteiger partial charge >= 0.3 is 0 Å². The van der Waals surface area contributed by atoms with Gasteiger partial charge in [0, 0.05) is 42.9 Å². The van der Waals surface area contributed by atoms with E-state index in [0.29, 0.717) is 23.5 Å². The maximum absolute atomic E-state index is 13.9. The molecule has 1 saturated carbocycles. The van der Waals surface area contributed by atoms with Gasteiger partial charge < -0.3 is 14.6 Å². The molecule has 0 bridgehead atoms. The van der Waals surface area contributed by atoms with Crippen LogP contribution in [0.3, 0.4) is 0 Å². The van der Waals surface area contributed by atoms with E-state index in [9.17, 15) is 9.18 Å². The molecule has 5 rings (SSSR count). The Bertz CT molecular complexity index is 1080. The van der Waals surface area contributed by atoms with Crippen molar-refractivity contribution in [3.05, 3.63) is 48.0 Å². The predicted octanol–water partition coefficient (Wildman–Crippen LogP) is 4.35. The van der Waals surface area contributed by atoms with E-state index >= 15 is 0 Å². The van der Waals surface area contributed by atoms with Gasteiger partial charge in [-0.2, -0.15) is 0 Å². The lowest BCUT2D eigenvalue weighted by molar-refractivity contribution is -0.128. The minimum absolute atomic E-state index is 0.180. The first kappa shape index (κ1) is 18.2. The summed E-state index contributed by atoms with van der Waals surface area (Å²) in [7, 11) is 1.60. The van der Waals surface area contributed by atoms with E-state index in [4.69, 9.17) is 4.74 Å². The maximum atomic E-state index is 13.9. The Kier molecular flexibility index (Phi) is 4.30. The molecule has 2 atom stereocenters. The van der Waals surface area contributed by atoms with Crippen LogP contribution < -0.4 is 4.74 Å². The summed E-state index contributed by atoms with van der Waals surface area (Å²) in [6.07, 6.45) is 3.91. The number of nitrogens with one attached hydrogen (secondary N) is 1. The quantitative estimate of drug-likeness (QED) is 0.720. The third-order valence-corrected chi connectivity index (χ3v) is 6.64. The lowest BCUT2D eigenvalue weighted by atomic mass is 9.99. The molecule has 2 unspecified atom stereocenters. The van der Waals surface area contributed by atoms with Crippen LogP contribution >= 0.6 is 0 Å². The summed E-state index contributed by atoms with van der Waals surface area (Å²) < 4.78 is 19.4. The van der Waals surface area contributed by atoms with E-state index in [0.717, 1.165) is 48.1 Å². The summed E-state index contributed by atoms with van der Waals surface area (Å²) in [5, 5.41) is 0.980. The lowest BCUT2D eigenvalue weighted by Crippen LogP contribution is -2.27. The number of hydrogen-bond acceptors (Lipinski definition) is 3. The molecule has 2 aromatic heterocycles. The van der Waals surface area contributed by atoms with Crippen LogP contribution in [-0.4, -0.2) is 41.0 Å². The molecule has 1 saturated heterocycles. The molecule has 150 valence electrons. The van der Waals surface area contributed by atoms with Crippen molar-refractivity contribution >= 4 is 16.9 Å². The van der Waals surface area contributed by atoms with Gasteiger partial charge in [-0.05, 0) is 66.5 Å². The summed E-state index contributed by atoms with van der Waals surface area (Å²) in [6, 6.07) is 8.65. The largest absolute Gasteiger partial charge is 0.496 e.